The van der Waals surface area contributed by atoms with Gasteiger partial charge in [-0.05, 0) is 68.3 Å². The van der Waals surface area contributed by atoms with Gasteiger partial charge in [-0.3, -0.25) is 9.59 Å². The van der Waals surface area contributed by atoms with Gasteiger partial charge in [-0.25, -0.2) is 9.59 Å². The minimum atomic E-state index is -1.38. The number of rotatable bonds is 8. The molecule has 0 atom stereocenters. The van der Waals surface area contributed by atoms with E-state index in [1.54, 1.807) is 18.2 Å². The second kappa shape index (κ2) is 14.0. The summed E-state index contributed by atoms with van der Waals surface area (Å²) in [5.74, 6) is -3.64. The van der Waals surface area contributed by atoms with Crippen molar-refractivity contribution >= 4 is 24.0 Å². The molecule has 12 heteroatoms. The van der Waals surface area contributed by atoms with E-state index in [0.29, 0.717) is 17.6 Å². The highest BCUT2D eigenvalue weighted by atomic mass is 16.5. The normalized spacial score (nSPS) is 10.2. The van der Waals surface area contributed by atoms with E-state index in [1.807, 2.05) is 0 Å². The third kappa shape index (κ3) is 6.96. The molecule has 0 saturated heterocycles. The zero-order valence-corrected chi connectivity index (χ0v) is 24.9. The van der Waals surface area contributed by atoms with Crippen LogP contribution in [0.5, 0.6) is 40.2 Å². The fraction of sp³-hybridized carbons (Fsp3) is 0.152. The summed E-state index contributed by atoms with van der Waals surface area (Å²) >= 11 is 0. The Bertz CT molecular complexity index is 1810. The largest absolute Gasteiger partial charge is 0.507 e. The molecule has 0 aliphatic heterocycles. The Kier molecular flexibility index (Phi) is 10.4. The van der Waals surface area contributed by atoms with Crippen LogP contribution in [0.1, 0.15) is 63.7 Å². The van der Waals surface area contributed by atoms with E-state index in [1.165, 1.54) is 71.4 Å². The van der Waals surface area contributed by atoms with Crippen LogP contribution in [-0.2, 0) is 0 Å². The summed E-state index contributed by atoms with van der Waals surface area (Å²) < 4.78 is 15.2. The third-order valence-electron chi connectivity index (χ3n) is 6.76. The van der Waals surface area contributed by atoms with Gasteiger partial charge in [0.25, 0.3) is 0 Å². The van der Waals surface area contributed by atoms with Crippen molar-refractivity contribution in [2.45, 2.75) is 20.8 Å². The lowest BCUT2D eigenvalue weighted by molar-refractivity contribution is 0.0681. The van der Waals surface area contributed by atoms with Gasteiger partial charge in [0.05, 0.1) is 30.9 Å². The van der Waals surface area contributed by atoms with Crippen molar-refractivity contribution in [3.8, 4) is 40.2 Å². The first-order valence-corrected chi connectivity index (χ1v) is 13.1. The molecule has 0 unspecified atom stereocenters. The molecule has 0 bridgehead atoms. The molecule has 45 heavy (non-hydrogen) atoms. The number of esters is 1. The Hall–Kier alpha value is -6.04. The number of benzene rings is 4. The number of carboxylic acid groups (broad SMARTS) is 1. The molecular formula is C33H30O12. The molecule has 5 N–H and O–H groups in total. The van der Waals surface area contributed by atoms with Gasteiger partial charge in [-0.15, -0.1) is 0 Å². The van der Waals surface area contributed by atoms with E-state index in [-0.39, 0.29) is 61.9 Å². The molecule has 4 aromatic carbocycles. The summed E-state index contributed by atoms with van der Waals surface area (Å²) in [6.45, 7) is 4.35. The Morgan fingerprint density at radius 1 is 0.711 bits per heavy atom. The summed E-state index contributed by atoms with van der Waals surface area (Å²) in [4.78, 5) is 47.3. The van der Waals surface area contributed by atoms with Crippen molar-refractivity contribution in [3.63, 3.8) is 0 Å². The van der Waals surface area contributed by atoms with E-state index in [9.17, 15) is 44.7 Å². The molecule has 0 amide bonds. The average molecular weight is 619 g/mol. The van der Waals surface area contributed by atoms with Crippen molar-refractivity contribution in [1.29, 1.82) is 0 Å². The third-order valence-corrected chi connectivity index (χ3v) is 6.76. The number of carbonyl (C=O) groups excluding carboxylic acids is 3. The number of aryl methyl sites for hydroxylation is 2. The number of carbonyl (C=O) groups is 4. The highest BCUT2D eigenvalue weighted by Crippen LogP contribution is 2.36. The lowest BCUT2D eigenvalue weighted by atomic mass is 10.0. The zero-order valence-electron chi connectivity index (χ0n) is 24.9. The number of carboxylic acids is 1. The standard InChI is InChI=1S/C19H18O8.C14H12O4/c1-8-5-13(26-4)11(7-20)17(22)14(8)19(25)27-12-6-9(2)16(21)15(10(12)3)18(23)24;1-18-9-6-7-11(13(16)8-9)14(17)10-4-2-3-5-12(10)15/h5-7,21-22H,1-4H3,(H,23,24);2-8,15-16H,1H3. The van der Waals surface area contributed by atoms with Crippen LogP contribution in [0.15, 0.2) is 54.6 Å². The molecule has 12 nitrogen and oxygen atoms in total. The Labute approximate surface area is 257 Å². The van der Waals surface area contributed by atoms with Gasteiger partial charge >= 0.3 is 11.9 Å². The molecule has 0 aliphatic carbocycles. The lowest BCUT2D eigenvalue weighted by Gasteiger charge is -2.16. The molecule has 0 aliphatic rings. The van der Waals surface area contributed by atoms with Gasteiger partial charge in [-0.2, -0.15) is 0 Å². The molecule has 0 saturated carbocycles. The van der Waals surface area contributed by atoms with Gasteiger partial charge in [0.2, 0.25) is 0 Å². The van der Waals surface area contributed by atoms with Crippen molar-refractivity contribution < 1.29 is 58.9 Å². The SMILES string of the molecule is COc1cc(C)c(C(=O)Oc2cc(C)c(O)c(C(=O)O)c2C)c(O)c1C=O.COc1ccc(C(=O)c2ccccc2O)c(O)c1. The molecular weight excluding hydrogens is 588 g/mol. The first kappa shape index (κ1) is 33.5. The predicted octanol–water partition coefficient (Wildman–Crippen LogP) is 5.10. The van der Waals surface area contributed by atoms with Crippen LogP contribution in [0, 0.1) is 20.8 Å². The fourth-order valence-corrected chi connectivity index (χ4v) is 4.36. The second-order valence-corrected chi connectivity index (χ2v) is 9.62. The zero-order chi connectivity index (χ0) is 33.6. The van der Waals surface area contributed by atoms with Crippen LogP contribution < -0.4 is 14.2 Å². The van der Waals surface area contributed by atoms with Crippen molar-refractivity contribution in [1.82, 2.24) is 0 Å². The maximum absolute atomic E-state index is 12.6. The monoisotopic (exact) mass is 618 g/mol. The first-order chi connectivity index (χ1) is 21.3. The number of methoxy groups -OCH3 is 2. The summed E-state index contributed by atoms with van der Waals surface area (Å²) in [7, 11) is 2.79. The number of hydrogen-bond acceptors (Lipinski definition) is 11. The number of hydrogen-bond donors (Lipinski definition) is 5. The number of ketones is 1. The smallest absolute Gasteiger partial charge is 0.347 e. The van der Waals surface area contributed by atoms with Crippen molar-refractivity contribution in [2.75, 3.05) is 14.2 Å². The Balaban J connectivity index is 0.000000265. The summed E-state index contributed by atoms with van der Waals surface area (Å²) in [6.07, 6.45) is 0.350. The van der Waals surface area contributed by atoms with Crippen LogP contribution in [0.4, 0.5) is 0 Å². The summed E-state index contributed by atoms with van der Waals surface area (Å²) in [6, 6.07) is 13.3. The molecule has 0 spiro atoms. The highest BCUT2D eigenvalue weighted by Gasteiger charge is 2.26. The molecule has 4 rings (SSSR count). The minimum absolute atomic E-state index is 0.0419. The van der Waals surface area contributed by atoms with Gasteiger partial charge in [0, 0.05) is 11.6 Å². The molecule has 234 valence electrons. The van der Waals surface area contributed by atoms with Crippen molar-refractivity contribution in [2.24, 2.45) is 0 Å². The number of aromatic carboxylic acids is 1. The molecule has 0 aromatic heterocycles. The minimum Gasteiger partial charge on any atom is -0.507 e. The van der Waals surface area contributed by atoms with Gasteiger partial charge < -0.3 is 39.7 Å². The fourth-order valence-electron chi connectivity index (χ4n) is 4.36. The number of para-hydroxylation sites is 1. The van der Waals surface area contributed by atoms with E-state index >= 15 is 0 Å². The first-order valence-electron chi connectivity index (χ1n) is 13.1. The maximum Gasteiger partial charge on any atom is 0.347 e. The average Bonchev–Trinajstić information content (AvgIpc) is 2.99. The maximum atomic E-state index is 12.6. The topological polar surface area (TPSA) is 197 Å². The van der Waals surface area contributed by atoms with Crippen molar-refractivity contribution in [3.05, 3.63) is 99.1 Å². The molecule has 4 aromatic rings. The second-order valence-electron chi connectivity index (χ2n) is 9.62. The molecule has 0 fully saturated rings. The van der Waals surface area contributed by atoms with E-state index < -0.39 is 29.2 Å². The number of aldehydes is 1. The Morgan fingerprint density at radius 3 is 1.89 bits per heavy atom. The van der Waals surface area contributed by atoms with Crippen LogP contribution in [0.25, 0.3) is 0 Å². The van der Waals surface area contributed by atoms with Gasteiger partial charge in [0.1, 0.15) is 51.4 Å². The summed E-state index contributed by atoms with van der Waals surface area (Å²) in [5.41, 5.74) is -0.0334. The van der Waals surface area contributed by atoms with Crippen LogP contribution >= 0.6 is 0 Å². The quantitative estimate of drug-likeness (QED) is 0.0759. The number of aromatic hydroxyl groups is 4. The van der Waals surface area contributed by atoms with E-state index in [4.69, 9.17) is 14.2 Å². The van der Waals surface area contributed by atoms with E-state index in [2.05, 4.69) is 0 Å². The summed E-state index contributed by atoms with van der Waals surface area (Å²) in [5, 5.41) is 48.9. The molecule has 0 radical (unpaired) electrons. The van der Waals surface area contributed by atoms with Crippen LogP contribution in [0.2, 0.25) is 0 Å². The molecule has 0 heterocycles. The van der Waals surface area contributed by atoms with E-state index in [0.717, 1.165) is 0 Å². The highest BCUT2D eigenvalue weighted by molar-refractivity contribution is 6.12. The Morgan fingerprint density at radius 2 is 1.33 bits per heavy atom. The lowest BCUT2D eigenvalue weighted by Crippen LogP contribution is -2.14. The number of phenolic OH excluding ortho intramolecular Hbond substituents is 3. The number of ether oxygens (including phenoxy) is 3. The van der Waals surface area contributed by atoms with Crippen LogP contribution in [-0.4, -0.2) is 63.8 Å². The predicted molar refractivity (Wildman–Crippen MR) is 160 cm³/mol. The van der Waals surface area contributed by atoms with Gasteiger partial charge in [0.15, 0.2) is 12.1 Å². The van der Waals surface area contributed by atoms with Gasteiger partial charge in [-0.1, -0.05) is 12.1 Å². The number of phenols is 4. The van der Waals surface area contributed by atoms with Crippen LogP contribution in [0.3, 0.4) is 0 Å².